The minimum Gasteiger partial charge on any atom is -0.345 e. The first-order chi connectivity index (χ1) is 11.2. The van der Waals surface area contributed by atoms with Crippen molar-refractivity contribution >= 4 is 17.5 Å². The van der Waals surface area contributed by atoms with E-state index in [9.17, 15) is 4.79 Å². The third kappa shape index (κ3) is 4.12. The normalized spacial score (nSPS) is 16.7. The van der Waals surface area contributed by atoms with E-state index in [-0.39, 0.29) is 17.9 Å². The van der Waals surface area contributed by atoms with Gasteiger partial charge < -0.3 is 10.6 Å². The number of amides is 1. The van der Waals surface area contributed by atoms with Gasteiger partial charge in [0, 0.05) is 10.9 Å². The van der Waals surface area contributed by atoms with Crippen molar-refractivity contribution in [3.05, 3.63) is 70.7 Å². The van der Waals surface area contributed by atoms with E-state index in [0.717, 1.165) is 37.1 Å². The molecule has 0 radical (unpaired) electrons. The zero-order valence-corrected chi connectivity index (χ0v) is 13.7. The van der Waals surface area contributed by atoms with Gasteiger partial charge in [-0.3, -0.25) is 4.79 Å². The van der Waals surface area contributed by atoms with Gasteiger partial charge in [-0.15, -0.1) is 0 Å². The van der Waals surface area contributed by atoms with Crippen molar-refractivity contribution in [1.29, 1.82) is 0 Å². The predicted octanol–water partition coefficient (Wildman–Crippen LogP) is 3.55. The number of hydrogen-bond acceptors (Lipinski definition) is 2. The zero-order valence-electron chi connectivity index (χ0n) is 13.0. The van der Waals surface area contributed by atoms with E-state index in [4.69, 9.17) is 11.6 Å². The Balaban J connectivity index is 1.85. The maximum Gasteiger partial charge on any atom is 0.223 e. The van der Waals surface area contributed by atoms with Crippen molar-refractivity contribution in [2.45, 2.75) is 18.9 Å². The number of carbonyl (C=O) groups excluding carboxylic acids is 1. The molecule has 0 bridgehead atoms. The van der Waals surface area contributed by atoms with E-state index < -0.39 is 0 Å². The third-order valence-electron chi connectivity index (χ3n) is 4.31. The molecule has 120 valence electrons. The van der Waals surface area contributed by atoms with E-state index in [2.05, 4.69) is 10.6 Å². The van der Waals surface area contributed by atoms with Crippen LogP contribution in [-0.2, 0) is 4.79 Å². The fourth-order valence-electron chi connectivity index (χ4n) is 3.03. The van der Waals surface area contributed by atoms with E-state index in [1.165, 1.54) is 0 Å². The third-order valence-corrected chi connectivity index (χ3v) is 4.55. The molecular formula is C19H21ClN2O. The van der Waals surface area contributed by atoms with Gasteiger partial charge in [-0.25, -0.2) is 0 Å². The quantitative estimate of drug-likeness (QED) is 0.901. The van der Waals surface area contributed by atoms with Crippen LogP contribution in [-0.4, -0.2) is 19.0 Å². The molecule has 2 N–H and O–H groups in total. The van der Waals surface area contributed by atoms with Gasteiger partial charge in [-0.05, 0) is 49.2 Å². The number of hydrogen-bond donors (Lipinski definition) is 2. The summed E-state index contributed by atoms with van der Waals surface area (Å²) in [5.41, 5.74) is 2.07. The van der Waals surface area contributed by atoms with Crippen molar-refractivity contribution in [3.63, 3.8) is 0 Å². The van der Waals surface area contributed by atoms with Crippen LogP contribution in [0.2, 0.25) is 5.02 Å². The molecule has 1 aliphatic rings. The van der Waals surface area contributed by atoms with Gasteiger partial charge >= 0.3 is 0 Å². The van der Waals surface area contributed by atoms with Crippen molar-refractivity contribution in [2.75, 3.05) is 13.1 Å². The number of rotatable bonds is 4. The van der Waals surface area contributed by atoms with E-state index in [1.54, 1.807) is 0 Å². The van der Waals surface area contributed by atoms with Crippen LogP contribution in [0, 0.1) is 5.92 Å². The van der Waals surface area contributed by atoms with E-state index in [0.29, 0.717) is 5.02 Å². The van der Waals surface area contributed by atoms with Gasteiger partial charge in [0.25, 0.3) is 0 Å². The highest BCUT2D eigenvalue weighted by molar-refractivity contribution is 6.30. The fraction of sp³-hybridized carbons (Fsp3) is 0.316. The molecule has 0 spiro atoms. The van der Waals surface area contributed by atoms with Crippen LogP contribution in [0.3, 0.4) is 0 Å². The molecule has 23 heavy (non-hydrogen) atoms. The molecule has 4 heteroatoms. The molecule has 0 saturated carbocycles. The molecule has 3 nitrogen and oxygen atoms in total. The van der Waals surface area contributed by atoms with Gasteiger partial charge in [0.15, 0.2) is 0 Å². The fourth-order valence-corrected chi connectivity index (χ4v) is 3.23. The molecule has 1 amide bonds. The largest absolute Gasteiger partial charge is 0.345 e. The Hall–Kier alpha value is -1.84. The highest BCUT2D eigenvalue weighted by Gasteiger charge is 2.24. The van der Waals surface area contributed by atoms with Crippen molar-refractivity contribution in [3.8, 4) is 0 Å². The van der Waals surface area contributed by atoms with Crippen molar-refractivity contribution in [2.24, 2.45) is 5.92 Å². The Morgan fingerprint density at radius 1 is 1.04 bits per heavy atom. The molecule has 0 aliphatic carbocycles. The molecule has 2 aromatic carbocycles. The molecule has 1 fully saturated rings. The summed E-state index contributed by atoms with van der Waals surface area (Å²) in [6.07, 6.45) is 1.78. The summed E-state index contributed by atoms with van der Waals surface area (Å²) in [4.78, 5) is 12.7. The summed E-state index contributed by atoms with van der Waals surface area (Å²) < 4.78 is 0. The monoisotopic (exact) mass is 328 g/mol. The van der Waals surface area contributed by atoms with Gasteiger partial charge in [0.1, 0.15) is 0 Å². The molecule has 1 saturated heterocycles. The summed E-state index contributed by atoms with van der Waals surface area (Å²) in [7, 11) is 0. The van der Waals surface area contributed by atoms with Crippen LogP contribution in [0.1, 0.15) is 30.0 Å². The number of halogens is 1. The SMILES string of the molecule is O=C(NC(c1ccccc1)c1cccc(Cl)c1)C1CCNCC1. The Bertz CT molecular complexity index is 653. The first-order valence-electron chi connectivity index (χ1n) is 8.05. The minimum atomic E-state index is -0.169. The molecule has 1 aliphatic heterocycles. The van der Waals surface area contributed by atoms with Gasteiger partial charge in [0.2, 0.25) is 5.91 Å². The Kier molecular flexibility index (Phi) is 5.31. The lowest BCUT2D eigenvalue weighted by molar-refractivity contribution is -0.126. The maximum atomic E-state index is 12.7. The zero-order chi connectivity index (χ0) is 16.1. The number of piperidine rings is 1. The lowest BCUT2D eigenvalue weighted by Crippen LogP contribution is -2.40. The topological polar surface area (TPSA) is 41.1 Å². The Labute approximate surface area is 142 Å². The molecule has 1 unspecified atom stereocenters. The minimum absolute atomic E-state index is 0.0849. The second kappa shape index (κ2) is 7.62. The smallest absolute Gasteiger partial charge is 0.223 e. The van der Waals surface area contributed by atoms with Crippen LogP contribution in [0.15, 0.2) is 54.6 Å². The summed E-state index contributed by atoms with van der Waals surface area (Å²) in [5, 5.41) is 7.20. The lowest BCUT2D eigenvalue weighted by atomic mass is 9.94. The average molecular weight is 329 g/mol. The van der Waals surface area contributed by atoms with E-state index >= 15 is 0 Å². The van der Waals surface area contributed by atoms with E-state index in [1.807, 2.05) is 54.6 Å². The standard InChI is InChI=1S/C19H21ClN2O/c20-17-8-4-7-16(13-17)18(14-5-2-1-3-6-14)22-19(23)15-9-11-21-12-10-15/h1-8,13,15,18,21H,9-12H2,(H,22,23). The van der Waals surface area contributed by atoms with Gasteiger partial charge in [-0.1, -0.05) is 54.1 Å². The Morgan fingerprint density at radius 2 is 1.74 bits per heavy atom. The summed E-state index contributed by atoms with van der Waals surface area (Å²) in [6, 6.07) is 17.6. The van der Waals surface area contributed by atoms with Crippen LogP contribution >= 0.6 is 11.6 Å². The van der Waals surface area contributed by atoms with Crippen molar-refractivity contribution < 1.29 is 4.79 Å². The molecule has 3 rings (SSSR count). The van der Waals surface area contributed by atoms with Crippen LogP contribution in [0.25, 0.3) is 0 Å². The van der Waals surface area contributed by atoms with Crippen LogP contribution in [0.5, 0.6) is 0 Å². The number of nitrogens with one attached hydrogen (secondary N) is 2. The van der Waals surface area contributed by atoms with Crippen LogP contribution in [0.4, 0.5) is 0 Å². The number of benzene rings is 2. The summed E-state index contributed by atoms with van der Waals surface area (Å²) in [6.45, 7) is 1.82. The summed E-state index contributed by atoms with van der Waals surface area (Å²) >= 11 is 6.14. The van der Waals surface area contributed by atoms with Gasteiger partial charge in [-0.2, -0.15) is 0 Å². The maximum absolute atomic E-state index is 12.7. The number of carbonyl (C=O) groups is 1. The lowest BCUT2D eigenvalue weighted by Gasteiger charge is -2.26. The van der Waals surface area contributed by atoms with Crippen LogP contribution < -0.4 is 10.6 Å². The average Bonchev–Trinajstić information content (AvgIpc) is 2.61. The first kappa shape index (κ1) is 16.0. The highest BCUT2D eigenvalue weighted by Crippen LogP contribution is 2.25. The highest BCUT2D eigenvalue weighted by atomic mass is 35.5. The molecule has 2 aromatic rings. The molecule has 1 heterocycles. The first-order valence-corrected chi connectivity index (χ1v) is 8.43. The Morgan fingerprint density at radius 3 is 2.43 bits per heavy atom. The molecular weight excluding hydrogens is 308 g/mol. The second-order valence-corrected chi connectivity index (χ2v) is 6.37. The summed E-state index contributed by atoms with van der Waals surface area (Å²) in [5.74, 6) is 0.210. The molecule has 0 aromatic heterocycles. The van der Waals surface area contributed by atoms with Gasteiger partial charge in [0.05, 0.1) is 6.04 Å². The predicted molar refractivity (Wildman–Crippen MR) is 93.5 cm³/mol. The molecule has 1 atom stereocenters. The van der Waals surface area contributed by atoms with Crippen molar-refractivity contribution in [1.82, 2.24) is 10.6 Å². The second-order valence-electron chi connectivity index (χ2n) is 5.93.